The maximum atomic E-state index is 4.39. The van der Waals surface area contributed by atoms with Crippen LogP contribution >= 0.6 is 23.5 Å². The number of benzene rings is 1. The predicted molar refractivity (Wildman–Crippen MR) is 78.0 cm³/mol. The summed E-state index contributed by atoms with van der Waals surface area (Å²) in [5.74, 6) is 0. The number of hydrogen-bond acceptors (Lipinski definition) is 6. The molecule has 0 amide bonds. The molecular weight excluding hydrogens is 264 g/mol. The van der Waals surface area contributed by atoms with Gasteiger partial charge < -0.3 is 10.2 Å². The van der Waals surface area contributed by atoms with Gasteiger partial charge in [0.1, 0.15) is 0 Å². The van der Waals surface area contributed by atoms with Gasteiger partial charge in [0.05, 0.1) is 0 Å². The lowest BCUT2D eigenvalue weighted by Gasteiger charge is -2.20. The standard InChI is InChI=1S/C12H12N4S2/c1-2-4-10(5-3-1)16-7-9-18-12(16)15-14-11-13-6-8-17-11/h1-9,11-13H. The van der Waals surface area contributed by atoms with Crippen molar-refractivity contribution in [1.82, 2.24) is 5.32 Å². The van der Waals surface area contributed by atoms with Crippen LogP contribution in [0.5, 0.6) is 0 Å². The number of azo groups is 1. The van der Waals surface area contributed by atoms with E-state index in [1.807, 2.05) is 41.4 Å². The Morgan fingerprint density at radius 2 is 1.94 bits per heavy atom. The van der Waals surface area contributed by atoms with E-state index in [0.29, 0.717) is 0 Å². The number of para-hydroxylation sites is 1. The van der Waals surface area contributed by atoms with Crippen LogP contribution < -0.4 is 10.2 Å². The van der Waals surface area contributed by atoms with Gasteiger partial charge in [-0.3, -0.25) is 0 Å². The Morgan fingerprint density at radius 3 is 2.72 bits per heavy atom. The van der Waals surface area contributed by atoms with Crippen LogP contribution in [-0.4, -0.2) is 11.0 Å². The van der Waals surface area contributed by atoms with Crippen molar-refractivity contribution in [3.8, 4) is 0 Å². The lowest BCUT2D eigenvalue weighted by Crippen LogP contribution is -2.22. The Bertz CT molecular complexity index is 478. The molecule has 0 radical (unpaired) electrons. The van der Waals surface area contributed by atoms with Crippen LogP contribution in [0.15, 0.2) is 63.8 Å². The second-order valence-corrected chi connectivity index (χ2v) is 5.64. The number of anilines is 1. The molecule has 6 heteroatoms. The van der Waals surface area contributed by atoms with E-state index in [1.54, 1.807) is 23.5 Å². The summed E-state index contributed by atoms with van der Waals surface area (Å²) in [6, 6.07) is 10.2. The van der Waals surface area contributed by atoms with E-state index >= 15 is 0 Å². The van der Waals surface area contributed by atoms with Gasteiger partial charge in [-0.2, -0.15) is 10.2 Å². The number of thioether (sulfide) groups is 2. The predicted octanol–water partition coefficient (Wildman–Crippen LogP) is 3.54. The van der Waals surface area contributed by atoms with Crippen LogP contribution in [0, 0.1) is 0 Å². The molecule has 1 aromatic carbocycles. The van der Waals surface area contributed by atoms with E-state index in [-0.39, 0.29) is 11.0 Å². The lowest BCUT2D eigenvalue weighted by molar-refractivity contribution is 0.732. The summed E-state index contributed by atoms with van der Waals surface area (Å²) in [7, 11) is 0. The summed E-state index contributed by atoms with van der Waals surface area (Å²) in [4.78, 5) is 2.11. The molecule has 4 nitrogen and oxygen atoms in total. The number of rotatable bonds is 3. The van der Waals surface area contributed by atoms with Crippen molar-refractivity contribution in [3.63, 3.8) is 0 Å². The van der Waals surface area contributed by atoms with Gasteiger partial charge in [-0.1, -0.05) is 41.7 Å². The van der Waals surface area contributed by atoms with Gasteiger partial charge in [0.15, 0.2) is 11.0 Å². The Balaban J connectivity index is 1.69. The Kier molecular flexibility index (Phi) is 3.56. The third-order valence-electron chi connectivity index (χ3n) is 2.50. The van der Waals surface area contributed by atoms with Crippen LogP contribution in [-0.2, 0) is 0 Å². The summed E-state index contributed by atoms with van der Waals surface area (Å²) >= 11 is 3.28. The zero-order valence-corrected chi connectivity index (χ0v) is 11.1. The summed E-state index contributed by atoms with van der Waals surface area (Å²) in [6.45, 7) is 0. The molecule has 0 aromatic heterocycles. The van der Waals surface area contributed by atoms with Crippen LogP contribution in [0.1, 0.15) is 0 Å². The summed E-state index contributed by atoms with van der Waals surface area (Å²) in [5, 5.41) is 15.8. The maximum absolute atomic E-state index is 4.39. The Morgan fingerprint density at radius 1 is 1.06 bits per heavy atom. The molecule has 0 saturated heterocycles. The van der Waals surface area contributed by atoms with E-state index in [9.17, 15) is 0 Å². The number of hydrogen-bond donors (Lipinski definition) is 1. The quantitative estimate of drug-likeness (QED) is 0.857. The average molecular weight is 276 g/mol. The van der Waals surface area contributed by atoms with Crippen molar-refractivity contribution in [2.24, 2.45) is 10.2 Å². The molecule has 2 heterocycles. The molecule has 3 rings (SSSR count). The number of nitrogens with zero attached hydrogens (tertiary/aromatic N) is 3. The van der Waals surface area contributed by atoms with Gasteiger partial charge >= 0.3 is 0 Å². The molecule has 0 aliphatic carbocycles. The smallest absolute Gasteiger partial charge is 0.197 e. The molecule has 0 fully saturated rings. The monoisotopic (exact) mass is 276 g/mol. The molecule has 18 heavy (non-hydrogen) atoms. The van der Waals surface area contributed by atoms with E-state index in [4.69, 9.17) is 0 Å². The van der Waals surface area contributed by atoms with Crippen LogP contribution in [0.4, 0.5) is 5.69 Å². The second-order valence-electron chi connectivity index (χ2n) is 3.68. The first-order chi connectivity index (χ1) is 8.93. The van der Waals surface area contributed by atoms with E-state index < -0.39 is 0 Å². The van der Waals surface area contributed by atoms with Crippen molar-refractivity contribution in [3.05, 3.63) is 53.5 Å². The van der Waals surface area contributed by atoms with Gasteiger partial charge in [0.2, 0.25) is 0 Å². The normalized spacial score (nSPS) is 26.1. The molecule has 1 N–H and O–H groups in total. The highest BCUT2D eigenvalue weighted by atomic mass is 32.2. The zero-order valence-electron chi connectivity index (χ0n) is 9.51. The summed E-state index contributed by atoms with van der Waals surface area (Å²) in [5.41, 5.74) is 1.15. The SMILES string of the molecule is C1=CSC(N=NC2SC=CN2c2ccccc2)N1. The largest absolute Gasteiger partial charge is 0.359 e. The van der Waals surface area contributed by atoms with E-state index in [0.717, 1.165) is 5.69 Å². The van der Waals surface area contributed by atoms with E-state index in [2.05, 4.69) is 32.6 Å². The molecule has 2 aliphatic heterocycles. The third-order valence-corrected chi connectivity index (χ3v) is 4.12. The zero-order chi connectivity index (χ0) is 12.2. The highest BCUT2D eigenvalue weighted by Gasteiger charge is 2.21. The highest BCUT2D eigenvalue weighted by Crippen LogP contribution is 2.32. The minimum Gasteiger partial charge on any atom is -0.359 e. The van der Waals surface area contributed by atoms with Gasteiger partial charge in [0.25, 0.3) is 0 Å². The molecule has 92 valence electrons. The highest BCUT2D eigenvalue weighted by molar-refractivity contribution is 8.03. The molecule has 0 saturated carbocycles. The second kappa shape index (κ2) is 5.49. The minimum atomic E-state index is -0.00426. The molecule has 2 atom stereocenters. The van der Waals surface area contributed by atoms with Crippen molar-refractivity contribution in [1.29, 1.82) is 0 Å². The maximum Gasteiger partial charge on any atom is 0.197 e. The fourth-order valence-electron chi connectivity index (χ4n) is 1.66. The van der Waals surface area contributed by atoms with Gasteiger partial charge in [-0.25, -0.2) is 0 Å². The minimum absolute atomic E-state index is 0.00426. The molecule has 2 unspecified atom stereocenters. The van der Waals surface area contributed by atoms with Crippen molar-refractivity contribution >= 4 is 29.2 Å². The van der Waals surface area contributed by atoms with Crippen molar-refractivity contribution in [2.75, 3.05) is 4.90 Å². The van der Waals surface area contributed by atoms with Crippen LogP contribution in [0.2, 0.25) is 0 Å². The van der Waals surface area contributed by atoms with Gasteiger partial charge in [-0.05, 0) is 22.9 Å². The fourth-order valence-corrected chi connectivity index (χ4v) is 3.01. The lowest BCUT2D eigenvalue weighted by atomic mass is 10.3. The molecule has 0 spiro atoms. The third kappa shape index (κ3) is 2.54. The first-order valence-corrected chi connectivity index (χ1v) is 7.44. The molecule has 2 aliphatic rings. The Labute approximate surface area is 114 Å². The topological polar surface area (TPSA) is 40.0 Å². The van der Waals surface area contributed by atoms with Crippen LogP contribution in [0.25, 0.3) is 0 Å². The first kappa shape index (κ1) is 11.7. The van der Waals surface area contributed by atoms with Crippen molar-refractivity contribution in [2.45, 2.75) is 11.0 Å². The van der Waals surface area contributed by atoms with Crippen LogP contribution in [0.3, 0.4) is 0 Å². The average Bonchev–Trinajstić information content (AvgIpc) is 3.09. The van der Waals surface area contributed by atoms with Gasteiger partial charge in [0, 0.05) is 18.1 Å². The summed E-state index contributed by atoms with van der Waals surface area (Å²) < 4.78 is 0. The molecule has 1 aromatic rings. The van der Waals surface area contributed by atoms with E-state index in [1.165, 1.54) is 0 Å². The number of nitrogens with one attached hydrogen (secondary N) is 1. The van der Waals surface area contributed by atoms with Crippen molar-refractivity contribution < 1.29 is 0 Å². The molecular formula is C12H12N4S2. The first-order valence-electron chi connectivity index (χ1n) is 5.55. The molecule has 0 bridgehead atoms. The fraction of sp³-hybridized carbons (Fsp3) is 0.167. The van der Waals surface area contributed by atoms with Gasteiger partial charge in [-0.15, -0.1) is 0 Å². The Hall–Kier alpha value is -1.40. The summed E-state index contributed by atoms with van der Waals surface area (Å²) in [6.07, 6.45) is 3.93.